The molecule has 42 heavy (non-hydrogen) atoms. The van der Waals surface area contributed by atoms with Gasteiger partial charge in [-0.3, -0.25) is 9.59 Å². The first-order valence-corrected chi connectivity index (χ1v) is 18.2. The Balaban J connectivity index is 2.05. The molecule has 242 valence electrons. The minimum absolute atomic E-state index is 0.252. The van der Waals surface area contributed by atoms with Gasteiger partial charge in [-0.15, -0.1) is 0 Å². The van der Waals surface area contributed by atoms with E-state index in [9.17, 15) is 9.59 Å². The van der Waals surface area contributed by atoms with E-state index < -0.39 is 0 Å². The van der Waals surface area contributed by atoms with E-state index in [1.165, 1.54) is 141 Å². The Morgan fingerprint density at radius 2 is 0.643 bits per heavy atom. The SMILES string of the molecule is CCCCCCCCCCCCCCCC(=O)Oc1ccccc1OC(=O)CCCCCCCCCCCCCCC. The highest BCUT2D eigenvalue weighted by molar-refractivity contribution is 5.76. The van der Waals surface area contributed by atoms with E-state index >= 15 is 0 Å². The lowest BCUT2D eigenvalue weighted by atomic mass is 10.0. The van der Waals surface area contributed by atoms with Gasteiger partial charge in [-0.05, 0) is 25.0 Å². The predicted octanol–water partition coefficient (Wildman–Crippen LogP) is 12.5. The van der Waals surface area contributed by atoms with Gasteiger partial charge in [-0.1, -0.05) is 180 Å². The topological polar surface area (TPSA) is 52.6 Å². The zero-order valence-corrected chi connectivity index (χ0v) is 27.7. The van der Waals surface area contributed by atoms with Crippen molar-refractivity contribution in [2.75, 3.05) is 0 Å². The smallest absolute Gasteiger partial charge is 0.311 e. The molecule has 0 saturated heterocycles. The van der Waals surface area contributed by atoms with Crippen LogP contribution in [0.5, 0.6) is 11.5 Å². The first-order valence-electron chi connectivity index (χ1n) is 18.2. The molecule has 1 aromatic rings. The number of rotatable bonds is 30. The summed E-state index contributed by atoms with van der Waals surface area (Å²) in [7, 11) is 0. The monoisotopic (exact) mass is 586 g/mol. The molecule has 0 spiro atoms. The fourth-order valence-electron chi connectivity index (χ4n) is 5.54. The Kier molecular flexibility index (Phi) is 26.6. The van der Waals surface area contributed by atoms with Crippen molar-refractivity contribution in [2.24, 2.45) is 0 Å². The summed E-state index contributed by atoms with van der Waals surface area (Å²) in [6.07, 6.45) is 34.0. The normalized spacial score (nSPS) is 11.1. The first-order chi connectivity index (χ1) is 20.7. The van der Waals surface area contributed by atoms with Crippen LogP contribution in [-0.4, -0.2) is 11.9 Å². The van der Waals surface area contributed by atoms with Gasteiger partial charge in [0.05, 0.1) is 0 Å². The van der Waals surface area contributed by atoms with Crippen molar-refractivity contribution < 1.29 is 19.1 Å². The van der Waals surface area contributed by atoms with Gasteiger partial charge in [-0.2, -0.15) is 0 Å². The molecule has 0 unspecified atom stereocenters. The Labute approximate surface area is 260 Å². The van der Waals surface area contributed by atoms with Crippen LogP contribution in [0.2, 0.25) is 0 Å². The van der Waals surface area contributed by atoms with E-state index in [0.717, 1.165) is 25.7 Å². The van der Waals surface area contributed by atoms with E-state index in [4.69, 9.17) is 9.47 Å². The molecular formula is C38H66O4. The number of ether oxygens (including phenoxy) is 2. The summed E-state index contributed by atoms with van der Waals surface area (Å²) in [5, 5.41) is 0. The number of unbranched alkanes of at least 4 members (excludes halogenated alkanes) is 24. The van der Waals surface area contributed by atoms with Crippen molar-refractivity contribution in [3.05, 3.63) is 24.3 Å². The summed E-state index contributed by atoms with van der Waals surface area (Å²) >= 11 is 0. The summed E-state index contributed by atoms with van der Waals surface area (Å²) in [6, 6.07) is 7.01. The lowest BCUT2D eigenvalue weighted by molar-refractivity contribution is -0.137. The second kappa shape index (κ2) is 29.2. The molecule has 4 heteroatoms. The van der Waals surface area contributed by atoms with Crippen LogP contribution in [0.4, 0.5) is 0 Å². The van der Waals surface area contributed by atoms with Gasteiger partial charge in [0.15, 0.2) is 11.5 Å². The zero-order valence-electron chi connectivity index (χ0n) is 27.7. The van der Waals surface area contributed by atoms with Gasteiger partial charge in [0.1, 0.15) is 0 Å². The maximum absolute atomic E-state index is 12.4. The van der Waals surface area contributed by atoms with Crippen LogP contribution in [0.25, 0.3) is 0 Å². The maximum Gasteiger partial charge on any atom is 0.311 e. The molecule has 0 aliphatic carbocycles. The quantitative estimate of drug-likeness (QED) is 0.0511. The van der Waals surface area contributed by atoms with Crippen LogP contribution in [-0.2, 0) is 9.59 Å². The van der Waals surface area contributed by atoms with Gasteiger partial charge >= 0.3 is 11.9 Å². The van der Waals surface area contributed by atoms with Crippen LogP contribution >= 0.6 is 0 Å². The fraction of sp³-hybridized carbons (Fsp3) is 0.789. The number of esters is 2. The van der Waals surface area contributed by atoms with Gasteiger partial charge in [0.2, 0.25) is 0 Å². The second-order valence-corrected chi connectivity index (χ2v) is 12.4. The van der Waals surface area contributed by atoms with Crippen molar-refractivity contribution in [3.8, 4) is 11.5 Å². The molecule has 0 atom stereocenters. The largest absolute Gasteiger partial charge is 0.423 e. The lowest BCUT2D eigenvalue weighted by Gasteiger charge is -2.10. The van der Waals surface area contributed by atoms with E-state index in [-0.39, 0.29) is 11.9 Å². The third-order valence-electron chi connectivity index (χ3n) is 8.27. The van der Waals surface area contributed by atoms with Crippen LogP contribution < -0.4 is 9.47 Å². The number of hydrogen-bond donors (Lipinski definition) is 0. The highest BCUT2D eigenvalue weighted by atomic mass is 16.6. The Morgan fingerprint density at radius 1 is 0.405 bits per heavy atom. The summed E-state index contributed by atoms with van der Waals surface area (Å²) in [4.78, 5) is 24.8. The Morgan fingerprint density at radius 3 is 0.905 bits per heavy atom. The lowest BCUT2D eigenvalue weighted by Crippen LogP contribution is -2.12. The number of carbonyl (C=O) groups is 2. The van der Waals surface area contributed by atoms with Crippen molar-refractivity contribution in [3.63, 3.8) is 0 Å². The van der Waals surface area contributed by atoms with E-state index in [1.807, 2.05) is 0 Å². The summed E-state index contributed by atoms with van der Waals surface area (Å²) in [5.74, 6) is 0.183. The van der Waals surface area contributed by atoms with E-state index in [2.05, 4.69) is 13.8 Å². The number of benzene rings is 1. The number of para-hydroxylation sites is 2. The molecule has 0 saturated carbocycles. The molecule has 0 fully saturated rings. The summed E-state index contributed by atoms with van der Waals surface area (Å²) in [6.45, 7) is 4.53. The van der Waals surface area contributed by atoms with Crippen LogP contribution in [0.15, 0.2) is 24.3 Å². The zero-order chi connectivity index (χ0) is 30.4. The predicted molar refractivity (Wildman–Crippen MR) is 178 cm³/mol. The molecule has 0 N–H and O–H groups in total. The molecule has 0 heterocycles. The highest BCUT2D eigenvalue weighted by Crippen LogP contribution is 2.28. The minimum atomic E-state index is -0.252. The maximum atomic E-state index is 12.4. The molecule has 1 aromatic carbocycles. The van der Waals surface area contributed by atoms with Gasteiger partial charge < -0.3 is 9.47 Å². The van der Waals surface area contributed by atoms with Crippen molar-refractivity contribution in [1.29, 1.82) is 0 Å². The van der Waals surface area contributed by atoms with Crippen molar-refractivity contribution >= 4 is 11.9 Å². The highest BCUT2D eigenvalue weighted by Gasteiger charge is 2.13. The number of carbonyl (C=O) groups excluding carboxylic acids is 2. The molecule has 4 nitrogen and oxygen atoms in total. The average molecular weight is 587 g/mol. The third-order valence-corrected chi connectivity index (χ3v) is 8.27. The average Bonchev–Trinajstić information content (AvgIpc) is 2.99. The first kappa shape index (κ1) is 38.2. The van der Waals surface area contributed by atoms with Gasteiger partial charge in [0, 0.05) is 12.8 Å². The molecule has 0 aliphatic heterocycles. The standard InChI is InChI=1S/C38H66O4/c1-3-5-7-9-11-13-15-17-19-21-23-25-27-33-37(39)41-35-31-29-30-32-36(35)42-38(40)34-28-26-24-22-20-18-16-14-12-10-8-6-4-2/h29-32H,3-28,33-34H2,1-2H3. The molecule has 0 amide bonds. The number of hydrogen-bond acceptors (Lipinski definition) is 4. The van der Waals surface area contributed by atoms with Crippen LogP contribution in [0.1, 0.15) is 194 Å². The molecular weight excluding hydrogens is 520 g/mol. The molecule has 0 aromatic heterocycles. The fourth-order valence-corrected chi connectivity index (χ4v) is 5.54. The van der Waals surface area contributed by atoms with Crippen LogP contribution in [0.3, 0.4) is 0 Å². The van der Waals surface area contributed by atoms with Crippen molar-refractivity contribution in [1.82, 2.24) is 0 Å². The van der Waals surface area contributed by atoms with E-state index in [1.54, 1.807) is 24.3 Å². The van der Waals surface area contributed by atoms with Gasteiger partial charge in [-0.25, -0.2) is 0 Å². The molecule has 0 bridgehead atoms. The Bertz CT molecular complexity index is 696. The minimum Gasteiger partial charge on any atom is -0.423 e. The van der Waals surface area contributed by atoms with E-state index in [0.29, 0.717) is 24.3 Å². The second-order valence-electron chi connectivity index (χ2n) is 12.4. The molecule has 0 aliphatic rings. The van der Waals surface area contributed by atoms with Crippen LogP contribution in [0, 0.1) is 0 Å². The summed E-state index contributed by atoms with van der Waals surface area (Å²) in [5.41, 5.74) is 0. The summed E-state index contributed by atoms with van der Waals surface area (Å²) < 4.78 is 11.1. The molecule has 0 radical (unpaired) electrons. The van der Waals surface area contributed by atoms with Gasteiger partial charge in [0.25, 0.3) is 0 Å². The third kappa shape index (κ3) is 23.7. The molecule has 1 rings (SSSR count). The van der Waals surface area contributed by atoms with Crippen molar-refractivity contribution in [2.45, 2.75) is 194 Å². The Hall–Kier alpha value is -1.84.